The van der Waals surface area contributed by atoms with E-state index in [4.69, 9.17) is 14.3 Å². The predicted molar refractivity (Wildman–Crippen MR) is 49.2 cm³/mol. The molecule has 0 aromatic heterocycles. The fraction of sp³-hybridized carbons (Fsp3) is 0.857. The summed E-state index contributed by atoms with van der Waals surface area (Å²) in [6.45, 7) is 4.57. The van der Waals surface area contributed by atoms with Gasteiger partial charge in [0.2, 0.25) is 0 Å². The quantitative estimate of drug-likeness (QED) is 0.229. The zero-order valence-electron chi connectivity index (χ0n) is 7.84. The van der Waals surface area contributed by atoms with E-state index in [1.807, 2.05) is 13.8 Å². The zero-order valence-corrected chi connectivity index (χ0v) is 8.74. The third-order valence-electron chi connectivity index (χ3n) is 1.04. The normalized spacial score (nSPS) is 12.7. The Labute approximate surface area is 78.7 Å². The van der Waals surface area contributed by atoms with Crippen molar-refractivity contribution in [2.24, 2.45) is 11.1 Å². The summed E-state index contributed by atoms with van der Waals surface area (Å²) in [6.07, 6.45) is 1.69. The molecule has 0 amide bonds. The summed E-state index contributed by atoms with van der Waals surface area (Å²) in [5, 5.41) is 10.8. The molecule has 0 spiro atoms. The Morgan fingerprint density at radius 3 is 2.77 bits per heavy atom. The molecule has 0 rings (SSSR count). The monoisotopic (exact) mass is 208 g/mol. The highest BCUT2D eigenvalue weighted by atomic mass is 31.1. The first kappa shape index (κ1) is 12.5. The average Bonchev–Trinajstić information content (AvgIpc) is 2.09. The van der Waals surface area contributed by atoms with E-state index >= 15 is 0 Å². The van der Waals surface area contributed by atoms with Crippen molar-refractivity contribution in [3.8, 4) is 0 Å². The van der Waals surface area contributed by atoms with Gasteiger partial charge in [0.1, 0.15) is 13.2 Å². The standard InChI is InChI=1S/C7H14NO4P/c1-7(2)6-12-13(10)11-5-3-4-8-9/h4,7H,3,5-6H2,1-2H3/p+1. The van der Waals surface area contributed by atoms with E-state index in [1.54, 1.807) is 0 Å². The molecule has 0 radical (unpaired) electrons. The van der Waals surface area contributed by atoms with Gasteiger partial charge in [-0.1, -0.05) is 13.8 Å². The van der Waals surface area contributed by atoms with E-state index in [0.29, 0.717) is 18.9 Å². The predicted octanol–water partition coefficient (Wildman–Crippen LogP) is 2.18. The third kappa shape index (κ3) is 9.40. The lowest BCUT2D eigenvalue weighted by Gasteiger charge is -1.94. The molecule has 5 nitrogen and oxygen atoms in total. The van der Waals surface area contributed by atoms with Crippen LogP contribution in [0.1, 0.15) is 20.3 Å². The second-order valence-corrected chi connectivity index (χ2v) is 3.80. The van der Waals surface area contributed by atoms with Crippen LogP contribution in [0.15, 0.2) is 5.16 Å². The lowest BCUT2D eigenvalue weighted by Crippen LogP contribution is -1.97. The van der Waals surface area contributed by atoms with Crippen LogP contribution >= 0.6 is 8.25 Å². The molecule has 0 saturated carbocycles. The highest BCUT2D eigenvalue weighted by Gasteiger charge is 2.19. The van der Waals surface area contributed by atoms with Gasteiger partial charge in [-0.15, -0.1) is 14.2 Å². The molecule has 0 heterocycles. The molecule has 0 bridgehead atoms. The summed E-state index contributed by atoms with van der Waals surface area (Å²) < 4.78 is 20.6. The van der Waals surface area contributed by atoms with Crippen molar-refractivity contribution in [1.29, 1.82) is 0 Å². The number of oxime groups is 1. The van der Waals surface area contributed by atoms with Crippen molar-refractivity contribution in [3.63, 3.8) is 0 Å². The van der Waals surface area contributed by atoms with Crippen LogP contribution in [0.5, 0.6) is 0 Å². The molecule has 1 atom stereocenters. The summed E-state index contributed by atoms with van der Waals surface area (Å²) in [5.74, 6) is 0.335. The van der Waals surface area contributed by atoms with Gasteiger partial charge in [-0.2, -0.15) is 0 Å². The second-order valence-electron chi connectivity index (χ2n) is 2.83. The lowest BCUT2D eigenvalue weighted by molar-refractivity contribution is 0.210. The lowest BCUT2D eigenvalue weighted by atomic mass is 10.2. The van der Waals surface area contributed by atoms with E-state index in [9.17, 15) is 4.57 Å². The molecular weight excluding hydrogens is 193 g/mol. The van der Waals surface area contributed by atoms with E-state index in [1.165, 1.54) is 6.21 Å². The molecule has 0 aliphatic rings. The first-order valence-electron chi connectivity index (χ1n) is 4.05. The highest BCUT2D eigenvalue weighted by Crippen LogP contribution is 2.24. The van der Waals surface area contributed by atoms with E-state index < -0.39 is 8.25 Å². The van der Waals surface area contributed by atoms with Crippen molar-refractivity contribution in [1.82, 2.24) is 0 Å². The maximum Gasteiger partial charge on any atom is 0.697 e. The summed E-state index contributed by atoms with van der Waals surface area (Å²) in [7, 11) is -2.02. The van der Waals surface area contributed by atoms with Crippen LogP contribution in [0.3, 0.4) is 0 Å². The van der Waals surface area contributed by atoms with Gasteiger partial charge in [0.25, 0.3) is 0 Å². The Hall–Kier alpha value is -0.510. The molecule has 1 N–H and O–H groups in total. The molecule has 0 aromatic carbocycles. The van der Waals surface area contributed by atoms with E-state index in [-0.39, 0.29) is 6.61 Å². The van der Waals surface area contributed by atoms with Crippen LogP contribution in [0.4, 0.5) is 0 Å². The van der Waals surface area contributed by atoms with Crippen LogP contribution in [-0.2, 0) is 13.6 Å². The van der Waals surface area contributed by atoms with Crippen LogP contribution in [0.25, 0.3) is 0 Å². The minimum absolute atomic E-state index is 0.233. The molecule has 0 saturated heterocycles. The Balaban J connectivity index is 3.30. The van der Waals surface area contributed by atoms with Crippen LogP contribution in [0, 0.1) is 5.92 Å². The molecule has 0 aliphatic heterocycles. The van der Waals surface area contributed by atoms with Crippen LogP contribution < -0.4 is 0 Å². The molecule has 13 heavy (non-hydrogen) atoms. The highest BCUT2D eigenvalue weighted by molar-refractivity contribution is 7.33. The van der Waals surface area contributed by atoms with Gasteiger partial charge in [-0.3, -0.25) is 0 Å². The van der Waals surface area contributed by atoms with Gasteiger partial charge in [0.15, 0.2) is 0 Å². The first-order valence-corrected chi connectivity index (χ1v) is 5.15. The molecule has 0 aromatic rings. The molecule has 76 valence electrons. The fourth-order valence-electron chi connectivity index (χ4n) is 0.485. The minimum Gasteiger partial charge on any atom is -0.411 e. The maximum absolute atomic E-state index is 10.9. The van der Waals surface area contributed by atoms with Crippen LogP contribution in [0.2, 0.25) is 0 Å². The number of nitrogens with zero attached hydrogens (tertiary/aromatic N) is 1. The average molecular weight is 208 g/mol. The molecule has 6 heteroatoms. The number of hydrogen-bond donors (Lipinski definition) is 1. The Morgan fingerprint density at radius 2 is 2.23 bits per heavy atom. The van der Waals surface area contributed by atoms with Gasteiger partial charge in [-0.05, 0) is 5.92 Å². The summed E-state index contributed by atoms with van der Waals surface area (Å²) in [6, 6.07) is 0. The third-order valence-corrected chi connectivity index (χ3v) is 1.79. The Morgan fingerprint density at radius 1 is 1.54 bits per heavy atom. The number of hydrogen-bond acceptors (Lipinski definition) is 5. The molecule has 0 aliphatic carbocycles. The SMILES string of the molecule is CC(C)CO[P+](=O)OCCC=NO. The number of rotatable bonds is 7. The Kier molecular flexibility index (Phi) is 7.79. The first-order chi connectivity index (χ1) is 6.16. The summed E-state index contributed by atoms with van der Waals surface area (Å²) in [5.41, 5.74) is 0. The smallest absolute Gasteiger partial charge is 0.411 e. The van der Waals surface area contributed by atoms with Crippen molar-refractivity contribution in [3.05, 3.63) is 0 Å². The van der Waals surface area contributed by atoms with Crippen LogP contribution in [-0.4, -0.2) is 24.6 Å². The molecule has 0 fully saturated rings. The Bertz CT molecular complexity index is 172. The van der Waals surface area contributed by atoms with Gasteiger partial charge in [0.05, 0.1) is 0 Å². The van der Waals surface area contributed by atoms with Gasteiger partial charge >= 0.3 is 8.25 Å². The molecule has 1 unspecified atom stereocenters. The minimum atomic E-state index is -2.02. The second kappa shape index (κ2) is 8.10. The van der Waals surface area contributed by atoms with Crippen molar-refractivity contribution in [2.75, 3.05) is 13.2 Å². The van der Waals surface area contributed by atoms with Gasteiger partial charge in [0, 0.05) is 17.2 Å². The van der Waals surface area contributed by atoms with Crippen molar-refractivity contribution < 1.29 is 18.8 Å². The summed E-state index contributed by atoms with van der Waals surface area (Å²) >= 11 is 0. The van der Waals surface area contributed by atoms with Gasteiger partial charge < -0.3 is 5.21 Å². The summed E-state index contributed by atoms with van der Waals surface area (Å²) in [4.78, 5) is 0. The topological polar surface area (TPSA) is 68.1 Å². The largest absolute Gasteiger partial charge is 0.697 e. The zero-order chi connectivity index (χ0) is 10.1. The molecular formula is C7H15NO4P+. The van der Waals surface area contributed by atoms with E-state index in [0.717, 1.165) is 0 Å². The van der Waals surface area contributed by atoms with E-state index in [2.05, 4.69) is 5.16 Å². The fourth-order valence-corrected chi connectivity index (χ4v) is 1.23. The van der Waals surface area contributed by atoms with Crippen molar-refractivity contribution in [2.45, 2.75) is 20.3 Å². The maximum atomic E-state index is 10.9. The van der Waals surface area contributed by atoms with Crippen molar-refractivity contribution >= 4 is 14.5 Å². The van der Waals surface area contributed by atoms with Gasteiger partial charge in [-0.25, -0.2) is 0 Å².